The third kappa shape index (κ3) is 6.44. The maximum atomic E-state index is 11.9. The Morgan fingerprint density at radius 3 is 2.33 bits per heavy atom. The molecule has 0 aromatic heterocycles. The largest absolute Gasteiger partial charge is 0.394 e. The minimum absolute atomic E-state index is 0.0151. The molecule has 4 saturated carbocycles. The molecule has 14 heteroatoms. The van der Waals surface area contributed by atoms with Crippen molar-refractivity contribution in [2.75, 3.05) is 19.8 Å². The highest BCUT2D eigenvalue weighted by Gasteiger charge is 2.69. The van der Waals surface area contributed by atoms with Crippen molar-refractivity contribution < 1.29 is 69.6 Å². The molecule has 4 aliphatic carbocycles. The molecule has 0 radical (unpaired) electrons. The first kappa shape index (κ1) is 39.4. The highest BCUT2D eigenvalue weighted by Crippen LogP contribution is 2.71. The van der Waals surface area contributed by atoms with Crippen molar-refractivity contribution in [2.45, 2.75) is 158 Å². The van der Waals surface area contributed by atoms with Crippen LogP contribution >= 0.6 is 0 Å². The van der Waals surface area contributed by atoms with Gasteiger partial charge in [-0.05, 0) is 85.4 Å². The Morgan fingerprint density at radius 1 is 0.865 bits per heavy atom. The summed E-state index contributed by atoms with van der Waals surface area (Å²) in [7, 11) is 0. The maximum Gasteiger partial charge on any atom is 0.187 e. The molecule has 21 atom stereocenters. The second-order valence-electron chi connectivity index (χ2n) is 17.9. The molecule has 7 rings (SSSR count). The van der Waals surface area contributed by atoms with Crippen molar-refractivity contribution in [1.82, 2.24) is 0 Å². The number of ether oxygens (including phenoxy) is 5. The van der Waals surface area contributed by atoms with Gasteiger partial charge in [0.1, 0.15) is 42.7 Å². The molecule has 0 aromatic carbocycles. The molecule has 0 spiro atoms. The van der Waals surface area contributed by atoms with Crippen LogP contribution < -0.4 is 0 Å². The fraction of sp³-hybridized carbons (Fsp3) is 0.947. The second kappa shape index (κ2) is 14.6. The lowest BCUT2D eigenvalue weighted by molar-refractivity contribution is -0.312. The molecular weight excluding hydrogens is 680 g/mol. The molecule has 1 unspecified atom stereocenters. The maximum absolute atomic E-state index is 11.9. The van der Waals surface area contributed by atoms with Crippen molar-refractivity contribution in [3.63, 3.8) is 0 Å². The lowest BCUT2D eigenvalue weighted by Gasteiger charge is -2.63. The van der Waals surface area contributed by atoms with Gasteiger partial charge < -0.3 is 69.6 Å². The van der Waals surface area contributed by atoms with Crippen LogP contribution in [0.15, 0.2) is 12.2 Å². The van der Waals surface area contributed by atoms with E-state index >= 15 is 0 Å². The summed E-state index contributed by atoms with van der Waals surface area (Å²) in [6, 6.07) is 0. The van der Waals surface area contributed by atoms with Gasteiger partial charge in [-0.15, -0.1) is 0 Å². The summed E-state index contributed by atoms with van der Waals surface area (Å²) in [6.45, 7) is 10.1. The zero-order valence-electron chi connectivity index (χ0n) is 30.7. The van der Waals surface area contributed by atoms with Crippen LogP contribution in [0.3, 0.4) is 0 Å². The topological polar surface area (TPSA) is 228 Å². The number of aliphatic hydroxyl groups excluding tert-OH is 8. The average Bonchev–Trinajstić information content (AvgIpc) is 3.55. The van der Waals surface area contributed by atoms with Crippen LogP contribution in [-0.4, -0.2) is 145 Å². The zero-order valence-corrected chi connectivity index (χ0v) is 30.7. The summed E-state index contributed by atoms with van der Waals surface area (Å²) < 4.78 is 29.9. The second-order valence-corrected chi connectivity index (χ2v) is 17.9. The van der Waals surface area contributed by atoms with Gasteiger partial charge in [0, 0.05) is 18.8 Å². The Hall–Kier alpha value is -0.820. The molecule has 52 heavy (non-hydrogen) atoms. The van der Waals surface area contributed by atoms with E-state index in [2.05, 4.69) is 27.4 Å². The Labute approximate surface area is 305 Å². The van der Waals surface area contributed by atoms with E-state index in [1.165, 1.54) is 0 Å². The number of hydrogen-bond donors (Lipinski definition) is 9. The number of hydrogen-bond acceptors (Lipinski definition) is 14. The first-order valence-electron chi connectivity index (χ1n) is 19.5. The lowest BCUT2D eigenvalue weighted by atomic mass is 9.43. The zero-order chi connectivity index (χ0) is 37.5. The number of fused-ring (bicyclic) bond motifs is 7. The van der Waals surface area contributed by atoms with Crippen molar-refractivity contribution in [3.05, 3.63) is 12.2 Å². The van der Waals surface area contributed by atoms with E-state index in [-0.39, 0.29) is 54.0 Å². The molecule has 0 amide bonds. The van der Waals surface area contributed by atoms with Gasteiger partial charge in [-0.25, -0.2) is 0 Å². The third-order valence-corrected chi connectivity index (χ3v) is 15.3. The Balaban J connectivity index is 0.994. The summed E-state index contributed by atoms with van der Waals surface area (Å²) in [4.78, 5) is 0. The quantitative estimate of drug-likeness (QED) is 0.141. The molecule has 298 valence electrons. The third-order valence-electron chi connectivity index (χ3n) is 15.3. The highest BCUT2D eigenvalue weighted by molar-refractivity contribution is 5.16. The van der Waals surface area contributed by atoms with Gasteiger partial charge in [0.25, 0.3) is 0 Å². The molecule has 0 bridgehead atoms. The monoisotopic (exact) mass is 742 g/mol. The fourth-order valence-electron chi connectivity index (χ4n) is 12.3. The van der Waals surface area contributed by atoms with Gasteiger partial charge in [-0.1, -0.05) is 32.9 Å². The summed E-state index contributed by atoms with van der Waals surface area (Å²) in [5.74, 6) is 0.0102. The normalized spacial score (nSPS) is 56.0. The van der Waals surface area contributed by atoms with E-state index in [0.29, 0.717) is 49.0 Å². The van der Waals surface area contributed by atoms with E-state index < -0.39 is 73.8 Å². The van der Waals surface area contributed by atoms with E-state index in [4.69, 9.17) is 23.7 Å². The molecule has 3 heterocycles. The van der Waals surface area contributed by atoms with Crippen LogP contribution in [0.1, 0.15) is 78.6 Å². The molecular formula is C38H62O14. The summed E-state index contributed by atoms with van der Waals surface area (Å²) >= 11 is 0. The first-order valence-corrected chi connectivity index (χ1v) is 19.5. The van der Waals surface area contributed by atoms with E-state index in [1.54, 1.807) is 0 Å². The molecule has 0 aromatic rings. The predicted molar refractivity (Wildman–Crippen MR) is 182 cm³/mol. The SMILES string of the molecule is C=C(CCC1(O)O[C@H]2C[C@H]3[C@@H]4CC[C@H]5C[C@@H](O)C[C@@H](O[C@@H]6OC[C@H](O)[C@H](O)[C@H]6O)[C@]5(C)[C@H]4CC[C@]3(C)[C@H]2[C@@H]1C)CO[C@@H]1O[C@H](CO)[C@@H](O)[C@H](O)[C@H]1O. The molecule has 3 aliphatic heterocycles. The molecule has 9 N–H and O–H groups in total. The summed E-state index contributed by atoms with van der Waals surface area (Å²) in [6.07, 6.45) is -6.26. The van der Waals surface area contributed by atoms with Crippen molar-refractivity contribution in [3.8, 4) is 0 Å². The number of rotatable bonds is 9. The predicted octanol–water partition coefficient (Wildman–Crippen LogP) is -0.0734. The van der Waals surface area contributed by atoms with Crippen molar-refractivity contribution in [2.24, 2.45) is 46.3 Å². The van der Waals surface area contributed by atoms with Gasteiger partial charge >= 0.3 is 0 Å². The lowest BCUT2D eigenvalue weighted by Crippen LogP contribution is -2.62. The van der Waals surface area contributed by atoms with Crippen molar-refractivity contribution in [1.29, 1.82) is 0 Å². The summed E-state index contributed by atoms with van der Waals surface area (Å²) in [5, 5.41) is 93.8. The van der Waals surface area contributed by atoms with Crippen LogP contribution in [0.4, 0.5) is 0 Å². The molecule has 3 saturated heterocycles. The van der Waals surface area contributed by atoms with Crippen LogP contribution in [0.25, 0.3) is 0 Å². The van der Waals surface area contributed by atoms with Crippen LogP contribution in [-0.2, 0) is 23.7 Å². The van der Waals surface area contributed by atoms with E-state index in [9.17, 15) is 46.0 Å². The number of aliphatic hydroxyl groups is 9. The Bertz CT molecular complexity index is 1290. The van der Waals surface area contributed by atoms with Crippen LogP contribution in [0, 0.1) is 46.3 Å². The van der Waals surface area contributed by atoms with Gasteiger partial charge in [0.2, 0.25) is 0 Å². The minimum Gasteiger partial charge on any atom is -0.394 e. The van der Waals surface area contributed by atoms with Crippen molar-refractivity contribution >= 4 is 0 Å². The molecule has 14 nitrogen and oxygen atoms in total. The molecule has 7 fully saturated rings. The van der Waals surface area contributed by atoms with E-state index in [1.807, 2.05) is 0 Å². The average molecular weight is 743 g/mol. The summed E-state index contributed by atoms with van der Waals surface area (Å²) in [5.41, 5.74) is 0.311. The van der Waals surface area contributed by atoms with Gasteiger partial charge in [0.05, 0.1) is 38.1 Å². The highest BCUT2D eigenvalue weighted by atomic mass is 16.7. The van der Waals surface area contributed by atoms with E-state index in [0.717, 1.165) is 32.1 Å². The fourth-order valence-corrected chi connectivity index (χ4v) is 12.3. The van der Waals surface area contributed by atoms with Crippen LogP contribution in [0.5, 0.6) is 0 Å². The van der Waals surface area contributed by atoms with Gasteiger partial charge in [-0.3, -0.25) is 0 Å². The van der Waals surface area contributed by atoms with Gasteiger partial charge in [0.15, 0.2) is 18.4 Å². The minimum atomic E-state index is -1.53. The Kier molecular flexibility index (Phi) is 11.1. The molecule has 7 aliphatic rings. The standard InChI is InChI=1S/C38H62O14/c1-17(15-48-34-33(46)31(44)30(43)26(14-39)50-34)7-10-38(47)18(2)28-25(52-38)13-23-21-6-5-19-11-20(40)12-27(37(19,4)22(21)8-9-36(23,28)3)51-35-32(45)29(42)24(41)16-49-35/h18-35,39-47H,1,5-16H2,2-4H3/t18-,19-,20+,21+,22-,23-,24-,25-,26+,27+,28-,29-,30+,31-,32+,33+,34+,35-,36-,37-,38?/m0/s1. The smallest absolute Gasteiger partial charge is 0.187 e. The Morgan fingerprint density at radius 2 is 1.60 bits per heavy atom. The first-order chi connectivity index (χ1) is 24.5. The van der Waals surface area contributed by atoms with Crippen LogP contribution in [0.2, 0.25) is 0 Å². The van der Waals surface area contributed by atoms with Gasteiger partial charge in [-0.2, -0.15) is 0 Å².